The van der Waals surface area contributed by atoms with Gasteiger partial charge in [0.05, 0.1) is 6.04 Å². The number of nitrogens with one attached hydrogen (secondary N) is 1. The van der Waals surface area contributed by atoms with Gasteiger partial charge in [-0.3, -0.25) is 0 Å². The van der Waals surface area contributed by atoms with Crippen molar-refractivity contribution in [3.63, 3.8) is 0 Å². The van der Waals surface area contributed by atoms with Crippen molar-refractivity contribution in [1.82, 2.24) is 5.32 Å². The first-order valence-electron chi connectivity index (χ1n) is 5.27. The smallest absolute Gasteiger partial charge is 0.125 e. The van der Waals surface area contributed by atoms with E-state index in [0.29, 0.717) is 0 Å². The standard InChI is InChI=1S/C13H17NO/c1-4-9-14-12-10-7-5-6-8-11(10)15-13(12,2)3/h4-8,12,14H,1,9H2,2-3H3. The summed E-state index contributed by atoms with van der Waals surface area (Å²) in [5, 5.41) is 3.43. The highest BCUT2D eigenvalue weighted by atomic mass is 16.5. The molecule has 0 amide bonds. The maximum absolute atomic E-state index is 5.91. The molecule has 0 radical (unpaired) electrons. The molecule has 1 N–H and O–H groups in total. The van der Waals surface area contributed by atoms with Crippen LogP contribution in [-0.4, -0.2) is 12.1 Å². The first kappa shape index (κ1) is 10.2. The molecule has 2 heteroatoms. The van der Waals surface area contributed by atoms with Gasteiger partial charge in [0.1, 0.15) is 11.4 Å². The molecule has 1 aliphatic rings. The Morgan fingerprint density at radius 1 is 1.47 bits per heavy atom. The minimum atomic E-state index is -0.188. The van der Waals surface area contributed by atoms with Gasteiger partial charge in [-0.05, 0) is 19.9 Å². The lowest BCUT2D eigenvalue weighted by atomic mass is 9.94. The minimum absolute atomic E-state index is 0.188. The van der Waals surface area contributed by atoms with Gasteiger partial charge >= 0.3 is 0 Å². The van der Waals surface area contributed by atoms with E-state index < -0.39 is 0 Å². The van der Waals surface area contributed by atoms with Crippen LogP contribution in [-0.2, 0) is 0 Å². The third-order valence-electron chi connectivity index (χ3n) is 2.76. The molecular formula is C13H17NO. The summed E-state index contributed by atoms with van der Waals surface area (Å²) in [4.78, 5) is 0. The molecule has 0 saturated carbocycles. The van der Waals surface area contributed by atoms with Crippen LogP contribution in [0.25, 0.3) is 0 Å². The van der Waals surface area contributed by atoms with Crippen molar-refractivity contribution < 1.29 is 4.74 Å². The molecule has 2 rings (SSSR count). The third-order valence-corrected chi connectivity index (χ3v) is 2.76. The van der Waals surface area contributed by atoms with Gasteiger partial charge in [-0.15, -0.1) is 6.58 Å². The minimum Gasteiger partial charge on any atom is -0.486 e. The predicted molar refractivity (Wildman–Crippen MR) is 62.1 cm³/mol. The quantitative estimate of drug-likeness (QED) is 0.763. The Hall–Kier alpha value is -1.28. The molecule has 1 aliphatic heterocycles. The molecule has 1 aromatic rings. The third kappa shape index (κ3) is 1.77. The van der Waals surface area contributed by atoms with Crippen molar-refractivity contribution in [2.24, 2.45) is 0 Å². The van der Waals surface area contributed by atoms with Crippen molar-refractivity contribution in [3.05, 3.63) is 42.5 Å². The van der Waals surface area contributed by atoms with Gasteiger partial charge in [-0.1, -0.05) is 24.3 Å². The zero-order chi connectivity index (χ0) is 10.9. The summed E-state index contributed by atoms with van der Waals surface area (Å²) in [7, 11) is 0. The van der Waals surface area contributed by atoms with E-state index in [9.17, 15) is 0 Å². The SMILES string of the molecule is C=CCNC1c2ccccc2OC1(C)C. The average molecular weight is 203 g/mol. The highest BCUT2D eigenvalue weighted by Crippen LogP contribution is 2.42. The van der Waals surface area contributed by atoms with Gasteiger partial charge in [-0.2, -0.15) is 0 Å². The van der Waals surface area contributed by atoms with E-state index in [0.717, 1.165) is 12.3 Å². The zero-order valence-corrected chi connectivity index (χ0v) is 9.29. The molecule has 0 spiro atoms. The fourth-order valence-electron chi connectivity index (χ4n) is 2.09. The highest BCUT2D eigenvalue weighted by molar-refractivity contribution is 5.42. The predicted octanol–water partition coefficient (Wildman–Crippen LogP) is 2.67. The molecule has 0 bridgehead atoms. The van der Waals surface area contributed by atoms with E-state index in [1.54, 1.807) is 0 Å². The summed E-state index contributed by atoms with van der Waals surface area (Å²) >= 11 is 0. The second-order valence-electron chi connectivity index (χ2n) is 4.37. The van der Waals surface area contributed by atoms with Crippen LogP contribution >= 0.6 is 0 Å². The monoisotopic (exact) mass is 203 g/mol. The highest BCUT2D eigenvalue weighted by Gasteiger charge is 2.40. The molecule has 15 heavy (non-hydrogen) atoms. The second-order valence-corrected chi connectivity index (χ2v) is 4.37. The zero-order valence-electron chi connectivity index (χ0n) is 9.29. The number of hydrogen-bond acceptors (Lipinski definition) is 2. The maximum Gasteiger partial charge on any atom is 0.125 e. The molecular weight excluding hydrogens is 186 g/mol. The Morgan fingerprint density at radius 2 is 2.20 bits per heavy atom. The van der Waals surface area contributed by atoms with E-state index >= 15 is 0 Å². The summed E-state index contributed by atoms with van der Waals surface area (Å²) < 4.78 is 5.91. The molecule has 80 valence electrons. The molecule has 1 heterocycles. The summed E-state index contributed by atoms with van der Waals surface area (Å²) in [6.07, 6.45) is 1.87. The molecule has 0 fully saturated rings. The van der Waals surface area contributed by atoms with Crippen LogP contribution in [0, 0.1) is 0 Å². The van der Waals surface area contributed by atoms with Gasteiger partial charge in [0.15, 0.2) is 0 Å². The van der Waals surface area contributed by atoms with Crippen LogP contribution in [0.1, 0.15) is 25.5 Å². The van der Waals surface area contributed by atoms with Gasteiger partial charge in [-0.25, -0.2) is 0 Å². The summed E-state index contributed by atoms with van der Waals surface area (Å²) in [5.41, 5.74) is 1.05. The Kier molecular flexibility index (Phi) is 2.53. The van der Waals surface area contributed by atoms with Gasteiger partial charge < -0.3 is 10.1 Å². The number of para-hydroxylation sites is 1. The van der Waals surface area contributed by atoms with Crippen molar-refractivity contribution in [1.29, 1.82) is 0 Å². The largest absolute Gasteiger partial charge is 0.486 e. The van der Waals surface area contributed by atoms with Crippen LogP contribution in [0.5, 0.6) is 5.75 Å². The van der Waals surface area contributed by atoms with Gasteiger partial charge in [0.25, 0.3) is 0 Å². The summed E-state index contributed by atoms with van der Waals surface area (Å²) in [6.45, 7) is 8.73. The van der Waals surface area contributed by atoms with E-state index in [-0.39, 0.29) is 11.6 Å². The van der Waals surface area contributed by atoms with Crippen LogP contribution in [0.3, 0.4) is 0 Å². The molecule has 0 saturated heterocycles. The lowest BCUT2D eigenvalue weighted by molar-refractivity contribution is 0.0981. The van der Waals surface area contributed by atoms with Gasteiger partial charge in [0, 0.05) is 12.1 Å². The lowest BCUT2D eigenvalue weighted by Crippen LogP contribution is -2.39. The fraction of sp³-hybridized carbons (Fsp3) is 0.385. The number of benzene rings is 1. The molecule has 2 nitrogen and oxygen atoms in total. The van der Waals surface area contributed by atoms with Crippen molar-refractivity contribution in [2.75, 3.05) is 6.54 Å². The fourth-order valence-corrected chi connectivity index (χ4v) is 2.09. The topological polar surface area (TPSA) is 21.3 Å². The molecule has 1 atom stereocenters. The lowest BCUT2D eigenvalue weighted by Gasteiger charge is -2.26. The summed E-state index contributed by atoms with van der Waals surface area (Å²) in [6, 6.07) is 8.43. The first-order chi connectivity index (χ1) is 7.15. The maximum atomic E-state index is 5.91. The molecule has 1 aromatic carbocycles. The Labute approximate surface area is 91.0 Å². The van der Waals surface area contributed by atoms with E-state index in [4.69, 9.17) is 4.74 Å². The molecule has 1 unspecified atom stereocenters. The Morgan fingerprint density at radius 3 is 2.93 bits per heavy atom. The van der Waals surface area contributed by atoms with Crippen LogP contribution < -0.4 is 10.1 Å². The van der Waals surface area contributed by atoms with Crippen LogP contribution in [0.15, 0.2) is 36.9 Å². The van der Waals surface area contributed by atoms with Crippen LogP contribution in [0.4, 0.5) is 0 Å². The number of rotatable bonds is 3. The normalized spacial score (nSPS) is 21.9. The van der Waals surface area contributed by atoms with Crippen molar-refractivity contribution in [3.8, 4) is 5.75 Å². The van der Waals surface area contributed by atoms with Crippen LogP contribution in [0.2, 0.25) is 0 Å². The summed E-state index contributed by atoms with van der Waals surface area (Å²) in [5.74, 6) is 0.990. The van der Waals surface area contributed by atoms with Crippen molar-refractivity contribution in [2.45, 2.75) is 25.5 Å². The first-order valence-corrected chi connectivity index (χ1v) is 5.27. The van der Waals surface area contributed by atoms with E-state index in [1.165, 1.54) is 5.56 Å². The molecule has 0 aliphatic carbocycles. The molecule has 0 aromatic heterocycles. The van der Waals surface area contributed by atoms with Crippen molar-refractivity contribution >= 4 is 0 Å². The Bertz CT molecular complexity index is 371. The van der Waals surface area contributed by atoms with E-state index in [2.05, 4.69) is 31.8 Å². The number of fused-ring (bicyclic) bond motifs is 1. The average Bonchev–Trinajstić information content (AvgIpc) is 2.45. The Balaban J connectivity index is 2.30. The number of ether oxygens (including phenoxy) is 1. The second kappa shape index (κ2) is 3.70. The number of hydrogen-bond donors (Lipinski definition) is 1. The van der Waals surface area contributed by atoms with E-state index in [1.807, 2.05) is 24.3 Å². The van der Waals surface area contributed by atoms with Gasteiger partial charge in [0.2, 0.25) is 0 Å².